The highest BCUT2D eigenvalue weighted by Crippen LogP contribution is 2.21. The lowest BCUT2D eigenvalue weighted by Gasteiger charge is -2.10. The van der Waals surface area contributed by atoms with E-state index in [2.05, 4.69) is 0 Å². The van der Waals surface area contributed by atoms with Gasteiger partial charge >= 0.3 is 5.97 Å². The largest absolute Gasteiger partial charge is 0.479 e. The Labute approximate surface area is 98.6 Å². The van der Waals surface area contributed by atoms with Gasteiger partial charge in [-0.05, 0) is 30.0 Å². The van der Waals surface area contributed by atoms with E-state index in [1.165, 1.54) is 6.07 Å². The first-order valence-electron chi connectivity index (χ1n) is 4.91. The lowest BCUT2D eigenvalue weighted by Crippen LogP contribution is -2.11. The fourth-order valence-corrected chi connectivity index (χ4v) is 1.55. The molecule has 4 N–H and O–H groups in total. The molecule has 5 heteroatoms. The monoisotopic (exact) mass is 243 g/mol. The normalized spacial score (nSPS) is 12.4. The summed E-state index contributed by atoms with van der Waals surface area (Å²) in [5.41, 5.74) is 7.48. The van der Waals surface area contributed by atoms with Crippen LogP contribution in [0.1, 0.15) is 23.7 Å². The van der Waals surface area contributed by atoms with Gasteiger partial charge in [-0.3, -0.25) is 0 Å². The Morgan fingerprint density at radius 3 is 2.75 bits per heavy atom. The number of halogens is 1. The fourth-order valence-electron chi connectivity index (χ4n) is 1.41. The third-order valence-electron chi connectivity index (χ3n) is 2.30. The number of alkyl halides is 1. The number of aliphatic carboxylic acids is 1. The fraction of sp³-hybridized carbons (Fsp3) is 0.364. The molecule has 1 rings (SSSR count). The van der Waals surface area contributed by atoms with Crippen LogP contribution in [0.5, 0.6) is 0 Å². The Bertz CT molecular complexity index is 381. The standard InChI is InChI=1S/C11H14ClNO3/c12-5-1-2-7-6-8(3-4-9(7)13)10(14)11(15)16/h3-4,6,10,14H,1-2,5,13H2,(H,15,16). The summed E-state index contributed by atoms with van der Waals surface area (Å²) in [5.74, 6) is -0.751. The number of aliphatic hydroxyl groups excluding tert-OH is 1. The number of benzene rings is 1. The van der Waals surface area contributed by atoms with Crippen LogP contribution in [0.4, 0.5) is 5.69 Å². The summed E-state index contributed by atoms with van der Waals surface area (Å²) in [6.07, 6.45) is -0.0659. The highest BCUT2D eigenvalue weighted by molar-refractivity contribution is 6.17. The van der Waals surface area contributed by atoms with Crippen LogP contribution in [0.2, 0.25) is 0 Å². The van der Waals surface area contributed by atoms with Crippen LogP contribution < -0.4 is 5.73 Å². The van der Waals surface area contributed by atoms with Gasteiger partial charge in [0.2, 0.25) is 0 Å². The molecule has 1 aromatic carbocycles. The maximum Gasteiger partial charge on any atom is 0.337 e. The molecule has 0 bridgehead atoms. The number of hydrogen-bond acceptors (Lipinski definition) is 3. The molecule has 0 fully saturated rings. The minimum Gasteiger partial charge on any atom is -0.479 e. The summed E-state index contributed by atoms with van der Waals surface area (Å²) in [6.45, 7) is 0. The summed E-state index contributed by atoms with van der Waals surface area (Å²) in [5, 5.41) is 18.0. The number of carboxylic acids is 1. The predicted octanol–water partition coefficient (Wildman–Crippen LogP) is 1.56. The van der Waals surface area contributed by atoms with Gasteiger partial charge in [-0.15, -0.1) is 11.6 Å². The lowest BCUT2D eigenvalue weighted by atomic mass is 10.0. The average Bonchev–Trinajstić information content (AvgIpc) is 2.27. The summed E-state index contributed by atoms with van der Waals surface area (Å²) in [6, 6.07) is 4.73. The zero-order valence-corrected chi connectivity index (χ0v) is 9.44. The molecule has 0 aromatic heterocycles. The molecule has 0 heterocycles. The van der Waals surface area contributed by atoms with Crippen molar-refractivity contribution in [2.75, 3.05) is 11.6 Å². The Hall–Kier alpha value is -1.26. The number of carboxylic acid groups (broad SMARTS) is 1. The third kappa shape index (κ3) is 3.12. The van der Waals surface area contributed by atoms with E-state index < -0.39 is 12.1 Å². The molecule has 1 aromatic rings. The number of aryl methyl sites for hydroxylation is 1. The van der Waals surface area contributed by atoms with Crippen LogP contribution in [-0.2, 0) is 11.2 Å². The number of anilines is 1. The summed E-state index contributed by atoms with van der Waals surface area (Å²) >= 11 is 5.57. The molecule has 0 aliphatic rings. The molecule has 1 unspecified atom stereocenters. The number of hydrogen-bond donors (Lipinski definition) is 3. The topological polar surface area (TPSA) is 83.5 Å². The molecule has 16 heavy (non-hydrogen) atoms. The van der Waals surface area contributed by atoms with Crippen LogP contribution >= 0.6 is 11.6 Å². The van der Waals surface area contributed by atoms with Gasteiger partial charge in [0.15, 0.2) is 6.10 Å². The minimum absolute atomic E-state index is 0.339. The van der Waals surface area contributed by atoms with E-state index in [9.17, 15) is 9.90 Å². The van der Waals surface area contributed by atoms with Crippen molar-refractivity contribution in [2.24, 2.45) is 0 Å². The average molecular weight is 244 g/mol. The van der Waals surface area contributed by atoms with E-state index in [0.29, 0.717) is 23.6 Å². The maximum absolute atomic E-state index is 10.6. The molecular weight excluding hydrogens is 230 g/mol. The first kappa shape index (κ1) is 12.8. The number of aliphatic hydroxyl groups is 1. The molecular formula is C11H14ClNO3. The highest BCUT2D eigenvalue weighted by Gasteiger charge is 2.16. The molecule has 0 amide bonds. The van der Waals surface area contributed by atoms with Crippen molar-refractivity contribution < 1.29 is 15.0 Å². The van der Waals surface area contributed by atoms with E-state index in [1.807, 2.05) is 0 Å². The van der Waals surface area contributed by atoms with E-state index in [4.69, 9.17) is 22.4 Å². The molecule has 0 saturated carbocycles. The van der Waals surface area contributed by atoms with Gasteiger partial charge in [-0.25, -0.2) is 4.79 Å². The van der Waals surface area contributed by atoms with Crippen molar-refractivity contribution in [3.05, 3.63) is 29.3 Å². The quantitative estimate of drug-likeness (QED) is 0.541. The van der Waals surface area contributed by atoms with Gasteiger partial charge in [0, 0.05) is 11.6 Å². The third-order valence-corrected chi connectivity index (χ3v) is 2.56. The van der Waals surface area contributed by atoms with Crippen molar-refractivity contribution in [1.82, 2.24) is 0 Å². The van der Waals surface area contributed by atoms with Crippen LogP contribution in [-0.4, -0.2) is 22.1 Å². The highest BCUT2D eigenvalue weighted by atomic mass is 35.5. The van der Waals surface area contributed by atoms with Gasteiger partial charge in [0.05, 0.1) is 0 Å². The molecule has 88 valence electrons. The molecule has 0 aliphatic heterocycles. The number of carbonyl (C=O) groups is 1. The number of rotatable bonds is 5. The van der Waals surface area contributed by atoms with E-state index in [1.54, 1.807) is 12.1 Å². The first-order valence-corrected chi connectivity index (χ1v) is 5.45. The van der Waals surface area contributed by atoms with E-state index in [-0.39, 0.29) is 0 Å². The predicted molar refractivity (Wildman–Crippen MR) is 62.5 cm³/mol. The van der Waals surface area contributed by atoms with Gasteiger partial charge in [-0.1, -0.05) is 12.1 Å². The SMILES string of the molecule is Nc1ccc(C(O)C(=O)O)cc1CCCCl. The van der Waals surface area contributed by atoms with E-state index >= 15 is 0 Å². The summed E-state index contributed by atoms with van der Waals surface area (Å²) < 4.78 is 0. The minimum atomic E-state index is -1.50. The van der Waals surface area contributed by atoms with Crippen molar-refractivity contribution in [1.29, 1.82) is 0 Å². The van der Waals surface area contributed by atoms with Crippen molar-refractivity contribution >= 4 is 23.3 Å². The smallest absolute Gasteiger partial charge is 0.337 e. The van der Waals surface area contributed by atoms with Gasteiger partial charge in [-0.2, -0.15) is 0 Å². The number of nitrogen functional groups attached to an aromatic ring is 1. The molecule has 0 spiro atoms. The lowest BCUT2D eigenvalue weighted by molar-refractivity contribution is -0.146. The van der Waals surface area contributed by atoms with Gasteiger partial charge in [0.25, 0.3) is 0 Å². The van der Waals surface area contributed by atoms with Gasteiger partial charge < -0.3 is 15.9 Å². The van der Waals surface area contributed by atoms with Gasteiger partial charge in [0.1, 0.15) is 0 Å². The first-order chi connectivity index (χ1) is 7.56. The van der Waals surface area contributed by atoms with E-state index in [0.717, 1.165) is 12.0 Å². The van der Waals surface area contributed by atoms with Crippen LogP contribution in [0.3, 0.4) is 0 Å². The van der Waals surface area contributed by atoms with Crippen molar-refractivity contribution in [3.8, 4) is 0 Å². The van der Waals surface area contributed by atoms with Crippen LogP contribution in [0.15, 0.2) is 18.2 Å². The van der Waals surface area contributed by atoms with Crippen LogP contribution in [0.25, 0.3) is 0 Å². The number of nitrogens with two attached hydrogens (primary N) is 1. The molecule has 0 saturated heterocycles. The molecule has 4 nitrogen and oxygen atoms in total. The Morgan fingerprint density at radius 1 is 1.50 bits per heavy atom. The summed E-state index contributed by atoms with van der Waals surface area (Å²) in [7, 11) is 0. The van der Waals surface area contributed by atoms with Crippen LogP contribution in [0, 0.1) is 0 Å². The molecule has 1 atom stereocenters. The molecule has 0 radical (unpaired) electrons. The second-order valence-corrected chi connectivity index (χ2v) is 3.87. The molecule has 0 aliphatic carbocycles. The Morgan fingerprint density at radius 2 is 2.19 bits per heavy atom. The second-order valence-electron chi connectivity index (χ2n) is 3.49. The zero-order valence-electron chi connectivity index (χ0n) is 8.69. The summed E-state index contributed by atoms with van der Waals surface area (Å²) in [4.78, 5) is 10.6. The Balaban J connectivity index is 2.92. The van der Waals surface area contributed by atoms with Crippen molar-refractivity contribution in [3.63, 3.8) is 0 Å². The second kappa shape index (κ2) is 5.72. The zero-order chi connectivity index (χ0) is 12.1. The Kier molecular flexibility index (Phi) is 4.58. The maximum atomic E-state index is 10.6. The van der Waals surface area contributed by atoms with Crippen molar-refractivity contribution in [2.45, 2.75) is 18.9 Å².